The number of fused-ring (bicyclic) bond motifs is 1. The van der Waals surface area contributed by atoms with Crippen molar-refractivity contribution < 1.29 is 4.39 Å². The van der Waals surface area contributed by atoms with Crippen molar-refractivity contribution in [1.82, 2.24) is 9.97 Å². The molecule has 0 spiro atoms. The number of hydrogen-bond acceptors (Lipinski definition) is 4. The van der Waals surface area contributed by atoms with Crippen LogP contribution in [-0.2, 0) is 0 Å². The van der Waals surface area contributed by atoms with Crippen LogP contribution in [0.15, 0.2) is 42.6 Å². The van der Waals surface area contributed by atoms with Gasteiger partial charge in [0.1, 0.15) is 17.5 Å². The molecule has 0 saturated carbocycles. The van der Waals surface area contributed by atoms with Crippen molar-refractivity contribution in [1.29, 1.82) is 0 Å². The summed E-state index contributed by atoms with van der Waals surface area (Å²) in [5.74, 6) is 0.249. The molecule has 20 heavy (non-hydrogen) atoms. The predicted octanol–water partition coefficient (Wildman–Crippen LogP) is 3.02. The normalized spacial score (nSPS) is 10.2. The fourth-order valence-corrected chi connectivity index (χ4v) is 2.08. The Labute approximate surface area is 121 Å². The van der Waals surface area contributed by atoms with E-state index in [1.165, 1.54) is 12.1 Å². The number of benzene rings is 1. The molecule has 0 aliphatic rings. The fraction of sp³-hybridized carbons (Fsp3) is 0. The first-order valence-corrected chi connectivity index (χ1v) is 5.72. The van der Waals surface area contributed by atoms with Gasteiger partial charge in [0.2, 0.25) is 0 Å². The second-order valence-electron chi connectivity index (χ2n) is 4.20. The Bertz CT molecular complexity index is 776. The third-order valence-electron chi connectivity index (χ3n) is 2.91. The maximum Gasteiger partial charge on any atom is 0.133 e. The van der Waals surface area contributed by atoms with Crippen molar-refractivity contribution in [2.75, 3.05) is 11.5 Å². The van der Waals surface area contributed by atoms with Crippen LogP contribution in [0.2, 0.25) is 0 Å². The molecule has 4 nitrogen and oxygen atoms in total. The van der Waals surface area contributed by atoms with Crippen molar-refractivity contribution in [3.05, 3.63) is 48.4 Å². The molecular weight excluding hydrogens is 279 g/mol. The minimum Gasteiger partial charge on any atom is -0.384 e. The summed E-state index contributed by atoms with van der Waals surface area (Å²) < 4.78 is 13.7. The molecule has 0 bridgehead atoms. The molecule has 2 aromatic heterocycles. The van der Waals surface area contributed by atoms with Crippen LogP contribution in [0.1, 0.15) is 0 Å². The monoisotopic (exact) mass is 290 g/mol. The van der Waals surface area contributed by atoms with Gasteiger partial charge in [0.15, 0.2) is 0 Å². The van der Waals surface area contributed by atoms with Crippen LogP contribution in [-0.4, -0.2) is 9.97 Å². The Morgan fingerprint density at radius 2 is 1.80 bits per heavy atom. The highest BCUT2D eigenvalue weighted by Crippen LogP contribution is 2.31. The van der Waals surface area contributed by atoms with Gasteiger partial charge in [-0.3, -0.25) is 4.98 Å². The van der Waals surface area contributed by atoms with Crippen molar-refractivity contribution in [2.45, 2.75) is 0 Å². The van der Waals surface area contributed by atoms with Crippen molar-refractivity contribution in [3.8, 4) is 11.1 Å². The van der Waals surface area contributed by atoms with Crippen LogP contribution in [0.4, 0.5) is 16.0 Å². The average molecular weight is 291 g/mol. The van der Waals surface area contributed by atoms with Gasteiger partial charge in [-0.1, -0.05) is 6.07 Å². The summed E-state index contributed by atoms with van der Waals surface area (Å²) in [6.07, 6.45) is 1.66. The van der Waals surface area contributed by atoms with Crippen LogP contribution >= 0.6 is 12.4 Å². The van der Waals surface area contributed by atoms with E-state index in [0.717, 1.165) is 0 Å². The number of rotatable bonds is 1. The molecule has 4 N–H and O–H groups in total. The topological polar surface area (TPSA) is 77.8 Å². The highest BCUT2D eigenvalue weighted by atomic mass is 35.5. The third-order valence-corrected chi connectivity index (χ3v) is 2.91. The molecule has 6 heteroatoms. The Morgan fingerprint density at radius 3 is 2.55 bits per heavy atom. The summed E-state index contributed by atoms with van der Waals surface area (Å²) in [6.45, 7) is 0. The van der Waals surface area contributed by atoms with E-state index in [2.05, 4.69) is 9.97 Å². The van der Waals surface area contributed by atoms with Gasteiger partial charge in [-0.15, -0.1) is 12.4 Å². The van der Waals surface area contributed by atoms with E-state index in [4.69, 9.17) is 11.5 Å². The summed E-state index contributed by atoms with van der Waals surface area (Å²) >= 11 is 0. The predicted molar refractivity (Wildman–Crippen MR) is 81.0 cm³/mol. The van der Waals surface area contributed by atoms with Gasteiger partial charge in [0.25, 0.3) is 0 Å². The van der Waals surface area contributed by atoms with E-state index in [9.17, 15) is 4.39 Å². The second-order valence-corrected chi connectivity index (χ2v) is 4.20. The van der Waals surface area contributed by atoms with Crippen LogP contribution in [0.5, 0.6) is 0 Å². The molecule has 0 aliphatic carbocycles. The number of nitrogens with two attached hydrogens (primary N) is 2. The lowest BCUT2D eigenvalue weighted by atomic mass is 10.0. The molecule has 0 saturated heterocycles. The number of nitrogens with zero attached hydrogens (tertiary/aromatic N) is 2. The van der Waals surface area contributed by atoms with Crippen LogP contribution in [0.25, 0.3) is 22.0 Å². The molecular formula is C14H12ClFN4. The minimum atomic E-state index is -0.341. The average Bonchev–Trinajstić information content (AvgIpc) is 2.38. The van der Waals surface area contributed by atoms with Crippen LogP contribution in [0, 0.1) is 5.82 Å². The lowest BCUT2D eigenvalue weighted by Crippen LogP contribution is -1.99. The lowest BCUT2D eigenvalue weighted by molar-refractivity contribution is 0.630. The van der Waals surface area contributed by atoms with Gasteiger partial charge < -0.3 is 11.5 Å². The Kier molecular flexibility index (Phi) is 3.72. The molecule has 0 aliphatic heterocycles. The first-order chi connectivity index (χ1) is 9.15. The zero-order valence-electron chi connectivity index (χ0n) is 10.4. The Morgan fingerprint density at radius 1 is 1.00 bits per heavy atom. The highest BCUT2D eigenvalue weighted by molar-refractivity contribution is 5.96. The third kappa shape index (κ3) is 2.35. The molecule has 3 aromatic rings. The SMILES string of the molecule is Cl.Nc1ccc(-c2cc(F)cc3cccnc23)c(N)n1. The second kappa shape index (κ2) is 5.30. The molecule has 102 valence electrons. The van der Waals surface area contributed by atoms with E-state index >= 15 is 0 Å². The van der Waals surface area contributed by atoms with Crippen molar-refractivity contribution in [2.24, 2.45) is 0 Å². The standard InChI is InChI=1S/C14H11FN4.ClH/c15-9-6-8-2-1-5-18-13(8)11(7-9)10-3-4-12(16)19-14(10)17;/h1-7H,(H4,16,17,19);1H. The quantitative estimate of drug-likeness (QED) is 0.722. The Hall–Kier alpha value is -2.40. The minimum absolute atomic E-state index is 0. The summed E-state index contributed by atoms with van der Waals surface area (Å²) in [5.41, 5.74) is 13.3. The summed E-state index contributed by atoms with van der Waals surface area (Å²) in [4.78, 5) is 8.27. The smallest absolute Gasteiger partial charge is 0.133 e. The first-order valence-electron chi connectivity index (χ1n) is 5.72. The van der Waals surface area contributed by atoms with E-state index in [1.54, 1.807) is 30.5 Å². The Balaban J connectivity index is 0.00000147. The molecule has 1 aromatic carbocycles. The largest absolute Gasteiger partial charge is 0.384 e. The van der Waals surface area contributed by atoms with E-state index < -0.39 is 0 Å². The van der Waals surface area contributed by atoms with Gasteiger partial charge in [0, 0.05) is 22.7 Å². The zero-order chi connectivity index (χ0) is 13.4. The lowest BCUT2D eigenvalue weighted by Gasteiger charge is -2.09. The first kappa shape index (κ1) is 14.0. The van der Waals surface area contributed by atoms with Gasteiger partial charge in [-0.2, -0.15) is 0 Å². The number of hydrogen-bond donors (Lipinski definition) is 2. The number of aromatic nitrogens is 2. The molecule has 3 rings (SSSR count). The zero-order valence-corrected chi connectivity index (χ0v) is 11.2. The number of halogens is 2. The number of pyridine rings is 2. The molecule has 2 heterocycles. The molecule has 0 amide bonds. The summed E-state index contributed by atoms with van der Waals surface area (Å²) in [7, 11) is 0. The fourth-order valence-electron chi connectivity index (χ4n) is 2.08. The van der Waals surface area contributed by atoms with E-state index in [-0.39, 0.29) is 24.0 Å². The maximum absolute atomic E-state index is 13.7. The molecule has 0 radical (unpaired) electrons. The van der Waals surface area contributed by atoms with Crippen molar-refractivity contribution >= 4 is 34.9 Å². The molecule has 0 fully saturated rings. The van der Waals surface area contributed by atoms with Gasteiger partial charge >= 0.3 is 0 Å². The van der Waals surface area contributed by atoms with Crippen molar-refractivity contribution in [3.63, 3.8) is 0 Å². The van der Waals surface area contributed by atoms with E-state index in [0.29, 0.717) is 27.8 Å². The number of nitrogen functional groups attached to an aromatic ring is 2. The maximum atomic E-state index is 13.7. The van der Waals surface area contributed by atoms with Gasteiger partial charge in [0.05, 0.1) is 5.52 Å². The van der Waals surface area contributed by atoms with Gasteiger partial charge in [-0.05, 0) is 30.3 Å². The van der Waals surface area contributed by atoms with Crippen LogP contribution in [0.3, 0.4) is 0 Å². The molecule has 0 unspecified atom stereocenters. The van der Waals surface area contributed by atoms with E-state index in [1.807, 2.05) is 0 Å². The highest BCUT2D eigenvalue weighted by Gasteiger charge is 2.11. The summed E-state index contributed by atoms with van der Waals surface area (Å²) in [5, 5.41) is 0.716. The number of anilines is 2. The summed E-state index contributed by atoms with van der Waals surface area (Å²) in [6, 6.07) is 9.75. The van der Waals surface area contributed by atoms with Gasteiger partial charge in [-0.25, -0.2) is 9.37 Å². The van der Waals surface area contributed by atoms with Crippen LogP contribution < -0.4 is 11.5 Å². The molecule has 0 atom stereocenters.